The van der Waals surface area contributed by atoms with Gasteiger partial charge in [0.25, 0.3) is 5.91 Å². The van der Waals surface area contributed by atoms with Crippen molar-refractivity contribution in [2.24, 2.45) is 0 Å². The normalized spacial score (nSPS) is 22.9. The number of hydrogen-bond acceptors (Lipinski definition) is 2. The molecule has 0 saturated carbocycles. The number of rotatable bonds is 2. The van der Waals surface area contributed by atoms with Crippen LogP contribution in [0.4, 0.5) is 13.2 Å². The molecule has 1 aromatic carbocycles. The number of hydrogen-bond donors (Lipinski definition) is 1. The summed E-state index contributed by atoms with van der Waals surface area (Å²) in [4.78, 5) is 12.0. The standard InChI is InChI=1S/C13H13BrF3NO2S/c14-11-2-1-8(7-10(11)13(15,16)17)12(19)18-9-3-5-21(20)6-4-9/h1-2,7,9H,3-6H2,(H,18,19). The summed E-state index contributed by atoms with van der Waals surface area (Å²) in [6, 6.07) is 3.26. The lowest BCUT2D eigenvalue weighted by atomic mass is 10.1. The predicted octanol–water partition coefficient (Wildman–Crippen LogP) is 3.11. The number of nitrogens with one attached hydrogen (secondary N) is 1. The van der Waals surface area contributed by atoms with Crippen LogP contribution in [0.3, 0.4) is 0 Å². The van der Waals surface area contributed by atoms with Gasteiger partial charge in [-0.2, -0.15) is 13.2 Å². The second-order valence-corrected chi connectivity index (χ2v) is 7.34. The van der Waals surface area contributed by atoms with E-state index < -0.39 is 28.4 Å². The Kier molecular flexibility index (Phi) is 5.08. The number of carbonyl (C=O) groups is 1. The fourth-order valence-electron chi connectivity index (χ4n) is 2.09. The van der Waals surface area contributed by atoms with E-state index in [1.807, 2.05) is 0 Å². The maximum atomic E-state index is 12.8. The quantitative estimate of drug-likeness (QED) is 0.852. The molecule has 1 aliphatic rings. The first-order valence-electron chi connectivity index (χ1n) is 6.30. The van der Waals surface area contributed by atoms with Crippen molar-refractivity contribution in [3.05, 3.63) is 33.8 Å². The molecule has 0 unspecified atom stereocenters. The molecular weight excluding hydrogens is 371 g/mol. The Hall–Kier alpha value is -0.890. The largest absolute Gasteiger partial charge is 0.417 e. The minimum Gasteiger partial charge on any atom is -0.349 e. The molecule has 116 valence electrons. The lowest BCUT2D eigenvalue weighted by molar-refractivity contribution is -0.138. The van der Waals surface area contributed by atoms with Crippen molar-refractivity contribution in [1.29, 1.82) is 0 Å². The molecule has 0 atom stereocenters. The lowest BCUT2D eigenvalue weighted by Gasteiger charge is -2.22. The van der Waals surface area contributed by atoms with Gasteiger partial charge in [0.05, 0.1) is 5.56 Å². The third-order valence-electron chi connectivity index (χ3n) is 3.26. The van der Waals surface area contributed by atoms with Crippen LogP contribution in [0.15, 0.2) is 22.7 Å². The van der Waals surface area contributed by atoms with Crippen molar-refractivity contribution in [2.45, 2.75) is 25.1 Å². The van der Waals surface area contributed by atoms with Crippen molar-refractivity contribution in [3.63, 3.8) is 0 Å². The van der Waals surface area contributed by atoms with Gasteiger partial charge in [0.1, 0.15) is 0 Å². The molecule has 8 heteroatoms. The Bertz CT molecular complexity index is 567. The Morgan fingerprint density at radius 3 is 2.48 bits per heavy atom. The molecule has 1 amide bonds. The van der Waals surface area contributed by atoms with Gasteiger partial charge in [-0.25, -0.2) is 0 Å². The number of benzene rings is 1. The highest BCUT2D eigenvalue weighted by Crippen LogP contribution is 2.35. The molecule has 1 aromatic rings. The zero-order chi connectivity index (χ0) is 15.6. The summed E-state index contributed by atoms with van der Waals surface area (Å²) in [6.07, 6.45) is -3.35. The summed E-state index contributed by atoms with van der Waals surface area (Å²) in [7, 11) is -0.845. The second-order valence-electron chi connectivity index (χ2n) is 4.79. The summed E-state index contributed by atoms with van der Waals surface area (Å²) < 4.78 is 49.5. The average Bonchev–Trinajstić information content (AvgIpc) is 2.40. The predicted molar refractivity (Wildman–Crippen MR) is 77.5 cm³/mol. The molecule has 21 heavy (non-hydrogen) atoms. The van der Waals surface area contributed by atoms with Gasteiger partial charge in [-0.05, 0) is 31.0 Å². The van der Waals surface area contributed by atoms with Crippen LogP contribution >= 0.6 is 15.9 Å². The molecule has 3 nitrogen and oxygen atoms in total. The van der Waals surface area contributed by atoms with Crippen LogP contribution in [0.5, 0.6) is 0 Å². The molecule has 2 rings (SSSR count). The fraction of sp³-hybridized carbons (Fsp3) is 0.462. The third-order valence-corrected chi connectivity index (χ3v) is 5.33. The molecule has 0 radical (unpaired) electrons. The first-order valence-corrected chi connectivity index (χ1v) is 8.58. The van der Waals surface area contributed by atoms with Crippen LogP contribution in [0.1, 0.15) is 28.8 Å². The molecule has 0 bridgehead atoms. The van der Waals surface area contributed by atoms with E-state index in [9.17, 15) is 22.2 Å². The molecule has 1 aliphatic heterocycles. The van der Waals surface area contributed by atoms with Crippen molar-refractivity contribution < 1.29 is 22.2 Å². The van der Waals surface area contributed by atoms with Gasteiger partial charge in [-0.1, -0.05) is 15.9 Å². The molecule has 1 heterocycles. The summed E-state index contributed by atoms with van der Waals surface area (Å²) in [5.74, 6) is 0.490. The summed E-state index contributed by atoms with van der Waals surface area (Å²) >= 11 is 2.83. The number of halogens is 4. The van der Waals surface area contributed by atoms with E-state index in [0.717, 1.165) is 6.07 Å². The Morgan fingerprint density at radius 2 is 1.90 bits per heavy atom. The fourth-order valence-corrected chi connectivity index (χ4v) is 3.86. The summed E-state index contributed by atoms with van der Waals surface area (Å²) in [5.41, 5.74) is -0.905. The number of amides is 1. The highest BCUT2D eigenvalue weighted by atomic mass is 79.9. The van der Waals surface area contributed by atoms with Crippen LogP contribution < -0.4 is 5.32 Å². The van der Waals surface area contributed by atoms with Gasteiger partial charge < -0.3 is 5.32 Å². The second kappa shape index (κ2) is 6.48. The van der Waals surface area contributed by atoms with E-state index in [4.69, 9.17) is 0 Å². The molecular formula is C13H13BrF3NO2S. The Morgan fingerprint density at radius 1 is 1.29 bits per heavy atom. The molecule has 0 spiro atoms. The minimum atomic E-state index is -4.52. The van der Waals surface area contributed by atoms with Gasteiger partial charge in [0.15, 0.2) is 0 Å². The van der Waals surface area contributed by atoms with Gasteiger partial charge in [-0.15, -0.1) is 0 Å². The summed E-state index contributed by atoms with van der Waals surface area (Å²) in [5, 5.41) is 2.70. The van der Waals surface area contributed by atoms with Crippen LogP contribution in [-0.2, 0) is 17.0 Å². The van der Waals surface area contributed by atoms with Gasteiger partial charge in [-0.3, -0.25) is 9.00 Å². The van der Waals surface area contributed by atoms with E-state index in [-0.39, 0.29) is 16.1 Å². The van der Waals surface area contributed by atoms with E-state index >= 15 is 0 Å². The van der Waals surface area contributed by atoms with E-state index in [1.165, 1.54) is 12.1 Å². The summed E-state index contributed by atoms with van der Waals surface area (Å²) in [6.45, 7) is 0. The van der Waals surface area contributed by atoms with E-state index in [0.29, 0.717) is 24.3 Å². The molecule has 0 aliphatic carbocycles. The van der Waals surface area contributed by atoms with Gasteiger partial charge in [0, 0.05) is 38.4 Å². The Labute approximate surface area is 130 Å². The van der Waals surface area contributed by atoms with Gasteiger partial charge in [0.2, 0.25) is 0 Å². The maximum absolute atomic E-state index is 12.8. The number of alkyl halides is 3. The first-order chi connectivity index (χ1) is 9.77. The monoisotopic (exact) mass is 383 g/mol. The first kappa shape index (κ1) is 16.5. The van der Waals surface area contributed by atoms with Crippen molar-refractivity contribution >= 4 is 32.6 Å². The zero-order valence-electron chi connectivity index (χ0n) is 10.9. The van der Waals surface area contributed by atoms with Crippen molar-refractivity contribution in [2.75, 3.05) is 11.5 Å². The number of carbonyl (C=O) groups excluding carboxylic acids is 1. The topological polar surface area (TPSA) is 46.2 Å². The van der Waals surface area contributed by atoms with Crippen LogP contribution in [0.2, 0.25) is 0 Å². The lowest BCUT2D eigenvalue weighted by Crippen LogP contribution is -2.39. The molecule has 1 fully saturated rings. The van der Waals surface area contributed by atoms with Crippen LogP contribution in [0.25, 0.3) is 0 Å². The average molecular weight is 384 g/mol. The van der Waals surface area contributed by atoms with Crippen LogP contribution in [0, 0.1) is 0 Å². The highest BCUT2D eigenvalue weighted by Gasteiger charge is 2.33. The molecule has 0 aromatic heterocycles. The van der Waals surface area contributed by atoms with Gasteiger partial charge >= 0.3 is 6.18 Å². The molecule has 1 saturated heterocycles. The highest BCUT2D eigenvalue weighted by molar-refractivity contribution is 9.10. The Balaban J connectivity index is 2.11. The molecule has 1 N–H and O–H groups in total. The van der Waals surface area contributed by atoms with Crippen molar-refractivity contribution in [1.82, 2.24) is 5.32 Å². The van der Waals surface area contributed by atoms with E-state index in [2.05, 4.69) is 21.2 Å². The van der Waals surface area contributed by atoms with Crippen LogP contribution in [-0.4, -0.2) is 27.7 Å². The third kappa shape index (κ3) is 4.29. The van der Waals surface area contributed by atoms with Crippen molar-refractivity contribution in [3.8, 4) is 0 Å². The maximum Gasteiger partial charge on any atom is 0.417 e. The smallest absolute Gasteiger partial charge is 0.349 e. The SMILES string of the molecule is O=C(NC1CCS(=O)CC1)c1ccc(Br)c(C(F)(F)F)c1. The minimum absolute atomic E-state index is 0.0304. The zero-order valence-corrected chi connectivity index (χ0v) is 13.3. The van der Waals surface area contributed by atoms with E-state index in [1.54, 1.807) is 0 Å².